The first-order valence-corrected chi connectivity index (χ1v) is 6.32. The maximum Gasteiger partial charge on any atom is 0.198 e. The van der Waals surface area contributed by atoms with E-state index in [9.17, 15) is 0 Å². The van der Waals surface area contributed by atoms with Crippen LogP contribution >= 0.6 is 23.2 Å². The van der Waals surface area contributed by atoms with Crippen LogP contribution in [0.15, 0.2) is 59.6 Å². The number of amidine groups is 1. The Morgan fingerprint density at radius 1 is 0.944 bits per heavy atom. The topological polar surface area (TPSA) is 24.4 Å². The van der Waals surface area contributed by atoms with Gasteiger partial charge in [0.1, 0.15) is 0 Å². The first-order chi connectivity index (χ1) is 8.70. The molecule has 18 heavy (non-hydrogen) atoms. The van der Waals surface area contributed by atoms with Gasteiger partial charge in [-0.05, 0) is 23.2 Å². The van der Waals surface area contributed by atoms with E-state index in [1.54, 1.807) is 0 Å². The number of halogens is 2. The minimum Gasteiger partial charge on any atom is -0.330 e. The third-order valence-electron chi connectivity index (χ3n) is 2.93. The lowest BCUT2D eigenvalue weighted by atomic mass is 9.96. The SMILES string of the molecule is ClC1=NC(Cl)(c2ccccc2)c2ccccc2N1. The highest BCUT2D eigenvalue weighted by molar-refractivity contribution is 6.68. The zero-order valence-electron chi connectivity index (χ0n) is 9.40. The van der Waals surface area contributed by atoms with Gasteiger partial charge in [0.25, 0.3) is 0 Å². The molecular formula is C14H10Cl2N2. The lowest BCUT2D eigenvalue weighted by Crippen LogP contribution is -2.27. The van der Waals surface area contributed by atoms with Crippen molar-refractivity contribution in [1.82, 2.24) is 0 Å². The number of nitrogens with one attached hydrogen (secondary N) is 1. The molecule has 0 saturated carbocycles. The molecule has 4 heteroatoms. The van der Waals surface area contributed by atoms with Crippen molar-refractivity contribution in [2.75, 3.05) is 5.32 Å². The molecule has 0 aromatic heterocycles. The second-order valence-electron chi connectivity index (χ2n) is 4.06. The lowest BCUT2D eigenvalue weighted by molar-refractivity contribution is 0.774. The number of para-hydroxylation sites is 1. The van der Waals surface area contributed by atoms with Crippen LogP contribution in [0.4, 0.5) is 5.69 Å². The van der Waals surface area contributed by atoms with Gasteiger partial charge in [0.2, 0.25) is 0 Å². The van der Waals surface area contributed by atoms with E-state index in [2.05, 4.69) is 10.3 Å². The van der Waals surface area contributed by atoms with Crippen LogP contribution in [0.1, 0.15) is 11.1 Å². The average Bonchev–Trinajstić information content (AvgIpc) is 2.39. The van der Waals surface area contributed by atoms with Crippen LogP contribution in [0.5, 0.6) is 0 Å². The number of alkyl halides is 1. The molecule has 3 rings (SSSR count). The molecule has 0 radical (unpaired) electrons. The summed E-state index contributed by atoms with van der Waals surface area (Å²) in [7, 11) is 0. The summed E-state index contributed by atoms with van der Waals surface area (Å²) < 4.78 is 0. The molecule has 1 N–H and O–H groups in total. The van der Waals surface area contributed by atoms with Gasteiger partial charge in [-0.3, -0.25) is 0 Å². The number of aliphatic imine (C=N–C) groups is 1. The number of rotatable bonds is 1. The summed E-state index contributed by atoms with van der Waals surface area (Å²) in [4.78, 5) is 3.40. The summed E-state index contributed by atoms with van der Waals surface area (Å²) in [6.07, 6.45) is 0. The van der Waals surface area contributed by atoms with E-state index in [0.717, 1.165) is 16.8 Å². The zero-order chi connectivity index (χ0) is 12.6. The van der Waals surface area contributed by atoms with Crippen LogP contribution in [-0.4, -0.2) is 5.29 Å². The molecule has 1 unspecified atom stereocenters. The summed E-state index contributed by atoms with van der Waals surface area (Å²) in [5.41, 5.74) is 2.69. The number of benzene rings is 2. The van der Waals surface area contributed by atoms with E-state index in [-0.39, 0.29) is 0 Å². The maximum atomic E-state index is 6.71. The quantitative estimate of drug-likeness (QED) is 0.614. The third-order valence-corrected chi connectivity index (χ3v) is 3.62. The Labute approximate surface area is 115 Å². The molecule has 2 aromatic carbocycles. The van der Waals surface area contributed by atoms with Gasteiger partial charge >= 0.3 is 0 Å². The van der Waals surface area contributed by atoms with Gasteiger partial charge in [-0.25, -0.2) is 4.99 Å². The molecule has 0 bridgehead atoms. The van der Waals surface area contributed by atoms with E-state index in [1.807, 2.05) is 54.6 Å². The smallest absolute Gasteiger partial charge is 0.198 e. The molecule has 0 spiro atoms. The molecule has 1 aliphatic rings. The predicted octanol–water partition coefficient (Wildman–Crippen LogP) is 4.15. The summed E-state index contributed by atoms with van der Waals surface area (Å²) in [5, 5.41) is 3.31. The number of anilines is 1. The highest BCUT2D eigenvalue weighted by Crippen LogP contribution is 2.44. The number of hydrogen-bond acceptors (Lipinski definition) is 2. The Morgan fingerprint density at radius 2 is 1.61 bits per heavy atom. The van der Waals surface area contributed by atoms with Crippen LogP contribution in [0, 0.1) is 0 Å². The van der Waals surface area contributed by atoms with Crippen molar-refractivity contribution in [2.45, 2.75) is 5.00 Å². The third kappa shape index (κ3) is 1.78. The highest BCUT2D eigenvalue weighted by atomic mass is 35.5. The first-order valence-electron chi connectivity index (χ1n) is 5.56. The van der Waals surface area contributed by atoms with Crippen LogP contribution in [0.2, 0.25) is 0 Å². The Kier molecular flexibility index (Phi) is 2.77. The van der Waals surface area contributed by atoms with Crippen LogP contribution in [-0.2, 0) is 5.00 Å². The summed E-state index contributed by atoms with van der Waals surface area (Å²) in [6, 6.07) is 17.5. The summed E-state index contributed by atoms with van der Waals surface area (Å²) >= 11 is 12.7. The Morgan fingerprint density at radius 3 is 2.39 bits per heavy atom. The van der Waals surface area contributed by atoms with Crippen molar-refractivity contribution >= 4 is 34.2 Å². The largest absolute Gasteiger partial charge is 0.330 e. The zero-order valence-corrected chi connectivity index (χ0v) is 10.9. The highest BCUT2D eigenvalue weighted by Gasteiger charge is 2.36. The summed E-state index contributed by atoms with van der Waals surface area (Å²) in [6.45, 7) is 0. The standard InChI is InChI=1S/C14H10Cl2N2/c15-13-17-12-9-5-4-8-11(12)14(16,18-13)10-6-2-1-3-7-10/h1-9H,(H,17,18). The van der Waals surface area contributed by atoms with E-state index < -0.39 is 5.00 Å². The van der Waals surface area contributed by atoms with Gasteiger partial charge in [0.05, 0.1) is 0 Å². The van der Waals surface area contributed by atoms with Crippen molar-refractivity contribution in [1.29, 1.82) is 0 Å². The van der Waals surface area contributed by atoms with E-state index in [1.165, 1.54) is 0 Å². The minimum atomic E-state index is -0.958. The van der Waals surface area contributed by atoms with Crippen molar-refractivity contribution < 1.29 is 0 Å². The van der Waals surface area contributed by atoms with Crippen molar-refractivity contribution in [3.05, 3.63) is 65.7 Å². The van der Waals surface area contributed by atoms with E-state index >= 15 is 0 Å². The molecule has 0 amide bonds. The molecule has 0 saturated heterocycles. The Hall–Kier alpha value is -1.51. The van der Waals surface area contributed by atoms with Crippen LogP contribution in [0.3, 0.4) is 0 Å². The fraction of sp³-hybridized carbons (Fsp3) is 0.0714. The van der Waals surface area contributed by atoms with Crippen molar-refractivity contribution in [3.8, 4) is 0 Å². The van der Waals surface area contributed by atoms with Gasteiger partial charge in [0, 0.05) is 11.3 Å². The van der Waals surface area contributed by atoms with Gasteiger partial charge < -0.3 is 5.32 Å². The molecule has 0 aliphatic carbocycles. The van der Waals surface area contributed by atoms with E-state index in [0.29, 0.717) is 5.29 Å². The molecular weight excluding hydrogens is 267 g/mol. The lowest BCUT2D eigenvalue weighted by Gasteiger charge is -2.30. The normalized spacial score (nSPS) is 21.8. The molecule has 1 atom stereocenters. The van der Waals surface area contributed by atoms with Crippen LogP contribution in [0.25, 0.3) is 0 Å². The Bertz CT molecular complexity index is 610. The van der Waals surface area contributed by atoms with Gasteiger partial charge in [-0.2, -0.15) is 0 Å². The molecule has 1 aliphatic heterocycles. The molecule has 90 valence electrons. The van der Waals surface area contributed by atoms with Crippen molar-refractivity contribution in [2.24, 2.45) is 4.99 Å². The molecule has 0 fully saturated rings. The number of hydrogen-bond donors (Lipinski definition) is 1. The average molecular weight is 277 g/mol. The fourth-order valence-electron chi connectivity index (χ4n) is 2.09. The predicted molar refractivity (Wildman–Crippen MR) is 76.4 cm³/mol. The summed E-state index contributed by atoms with van der Waals surface area (Å²) in [5.74, 6) is 0. The minimum absolute atomic E-state index is 0.299. The molecule has 2 aromatic rings. The fourth-order valence-corrected chi connectivity index (χ4v) is 2.74. The van der Waals surface area contributed by atoms with Gasteiger partial charge in [-0.15, -0.1) is 0 Å². The van der Waals surface area contributed by atoms with Gasteiger partial charge in [0.15, 0.2) is 10.3 Å². The van der Waals surface area contributed by atoms with E-state index in [4.69, 9.17) is 23.2 Å². The Balaban J connectivity index is 2.24. The number of nitrogens with zero attached hydrogens (tertiary/aromatic N) is 1. The maximum absolute atomic E-state index is 6.71. The van der Waals surface area contributed by atoms with Crippen LogP contribution < -0.4 is 5.32 Å². The monoisotopic (exact) mass is 276 g/mol. The first kappa shape index (κ1) is 11.6. The van der Waals surface area contributed by atoms with Gasteiger partial charge in [-0.1, -0.05) is 60.1 Å². The second-order valence-corrected chi connectivity index (χ2v) is 4.97. The second kappa shape index (κ2) is 4.30. The van der Waals surface area contributed by atoms with Crippen molar-refractivity contribution in [3.63, 3.8) is 0 Å². The molecule has 1 heterocycles. The molecule has 2 nitrogen and oxygen atoms in total. The number of fused-ring (bicyclic) bond motifs is 1.